The highest BCUT2D eigenvalue weighted by atomic mass is 19.3. The Labute approximate surface area is 195 Å². The smallest absolute Gasteiger partial charge is 0.375 e. The minimum atomic E-state index is -2.60. The average molecular weight is 481 g/mol. The van der Waals surface area contributed by atoms with Crippen LogP contribution in [0.15, 0.2) is 36.7 Å². The highest BCUT2D eigenvalue weighted by Gasteiger charge is 2.36. The van der Waals surface area contributed by atoms with E-state index < -0.39 is 18.0 Å². The third kappa shape index (κ3) is 6.67. The fourth-order valence-electron chi connectivity index (χ4n) is 4.75. The maximum absolute atomic E-state index is 13.5. The molecule has 2 aliphatic rings. The van der Waals surface area contributed by atoms with Gasteiger partial charge in [0.1, 0.15) is 0 Å². The predicted molar refractivity (Wildman–Crippen MR) is 116 cm³/mol. The molecule has 2 aliphatic carbocycles. The predicted octanol–water partition coefficient (Wildman–Crippen LogP) is 6.79. The molecule has 0 aromatic carbocycles. The SMILES string of the molecule is O=C(Oc1ncccc1CC1CCC(F)(F)CC1)Oc1ncccc1CC1CCC(F)(F)CC1. The molecule has 9 heteroatoms. The van der Waals surface area contributed by atoms with Gasteiger partial charge in [-0.25, -0.2) is 32.3 Å². The monoisotopic (exact) mass is 480 g/mol. The molecule has 2 heterocycles. The van der Waals surface area contributed by atoms with Gasteiger partial charge in [0.05, 0.1) is 0 Å². The van der Waals surface area contributed by atoms with Gasteiger partial charge in [-0.1, -0.05) is 12.1 Å². The highest BCUT2D eigenvalue weighted by molar-refractivity contribution is 5.66. The average Bonchev–Trinajstić information content (AvgIpc) is 2.79. The van der Waals surface area contributed by atoms with Crippen molar-refractivity contribution in [2.24, 2.45) is 11.8 Å². The van der Waals surface area contributed by atoms with Crippen LogP contribution >= 0.6 is 0 Å². The molecule has 2 aromatic rings. The van der Waals surface area contributed by atoms with Gasteiger partial charge in [0.2, 0.25) is 23.6 Å². The summed E-state index contributed by atoms with van der Waals surface area (Å²) >= 11 is 0. The number of alkyl halides is 4. The van der Waals surface area contributed by atoms with Crippen LogP contribution in [-0.2, 0) is 12.8 Å². The molecule has 4 rings (SSSR count). The van der Waals surface area contributed by atoms with Gasteiger partial charge >= 0.3 is 6.16 Å². The van der Waals surface area contributed by atoms with E-state index in [0.29, 0.717) is 49.7 Å². The minimum Gasteiger partial charge on any atom is -0.375 e. The molecule has 0 radical (unpaired) electrons. The van der Waals surface area contributed by atoms with Gasteiger partial charge in [0.25, 0.3) is 0 Å². The molecular formula is C25H28F4N2O3. The normalized spacial score (nSPS) is 20.6. The summed E-state index contributed by atoms with van der Waals surface area (Å²) in [6.45, 7) is 0. The van der Waals surface area contributed by atoms with Crippen molar-refractivity contribution >= 4 is 6.16 Å². The van der Waals surface area contributed by atoms with E-state index in [4.69, 9.17) is 9.47 Å². The highest BCUT2D eigenvalue weighted by Crippen LogP contribution is 2.39. The summed E-state index contributed by atoms with van der Waals surface area (Å²) in [5.74, 6) is -4.92. The van der Waals surface area contributed by atoms with Crippen LogP contribution in [-0.4, -0.2) is 28.0 Å². The zero-order valence-corrected chi connectivity index (χ0v) is 18.8. The van der Waals surface area contributed by atoms with Crippen LogP contribution < -0.4 is 9.47 Å². The minimum absolute atomic E-state index is 0.0625. The lowest BCUT2D eigenvalue weighted by atomic mass is 9.83. The number of nitrogens with zero attached hydrogens (tertiary/aromatic N) is 2. The van der Waals surface area contributed by atoms with Crippen LogP contribution in [0.3, 0.4) is 0 Å². The molecule has 34 heavy (non-hydrogen) atoms. The van der Waals surface area contributed by atoms with Gasteiger partial charge in [-0.15, -0.1) is 0 Å². The Hall–Kier alpha value is -2.71. The molecule has 2 saturated carbocycles. The fraction of sp³-hybridized carbons (Fsp3) is 0.560. The number of carbonyl (C=O) groups excluding carboxylic acids is 1. The van der Waals surface area contributed by atoms with E-state index in [2.05, 4.69) is 9.97 Å². The van der Waals surface area contributed by atoms with E-state index in [1.54, 1.807) is 24.3 Å². The largest absolute Gasteiger partial charge is 0.522 e. The van der Waals surface area contributed by atoms with Gasteiger partial charge in [-0.3, -0.25) is 0 Å². The summed E-state index contributed by atoms with van der Waals surface area (Å²) in [5.41, 5.74) is 1.30. The molecule has 0 unspecified atom stereocenters. The number of pyridine rings is 2. The van der Waals surface area contributed by atoms with Gasteiger partial charge in [-0.2, -0.15) is 0 Å². The summed E-state index contributed by atoms with van der Waals surface area (Å²) < 4.78 is 64.5. The maximum atomic E-state index is 13.5. The summed E-state index contributed by atoms with van der Waals surface area (Å²) in [7, 11) is 0. The molecule has 184 valence electrons. The van der Waals surface area contributed by atoms with Crippen molar-refractivity contribution in [3.05, 3.63) is 47.8 Å². The third-order valence-corrected chi connectivity index (χ3v) is 6.75. The number of halogens is 4. The van der Waals surface area contributed by atoms with Gasteiger partial charge in [-0.05, 0) is 62.5 Å². The van der Waals surface area contributed by atoms with E-state index in [9.17, 15) is 22.4 Å². The van der Waals surface area contributed by atoms with Crippen LogP contribution in [0.5, 0.6) is 11.8 Å². The van der Waals surface area contributed by atoms with Gasteiger partial charge < -0.3 is 9.47 Å². The van der Waals surface area contributed by atoms with E-state index >= 15 is 0 Å². The van der Waals surface area contributed by atoms with Gasteiger partial charge in [0, 0.05) is 49.2 Å². The third-order valence-electron chi connectivity index (χ3n) is 6.75. The molecule has 0 bridgehead atoms. The lowest BCUT2D eigenvalue weighted by Crippen LogP contribution is -2.26. The lowest BCUT2D eigenvalue weighted by Gasteiger charge is -2.28. The Bertz CT molecular complexity index is 904. The first kappa shape index (κ1) is 24.4. The zero-order chi connectivity index (χ0) is 24.2. The molecule has 0 atom stereocenters. The van der Waals surface area contributed by atoms with Crippen molar-refractivity contribution in [3.8, 4) is 11.8 Å². The fourth-order valence-corrected chi connectivity index (χ4v) is 4.75. The molecule has 2 aromatic heterocycles. The molecule has 2 fully saturated rings. The van der Waals surface area contributed by atoms with Gasteiger partial charge in [0.15, 0.2) is 0 Å². The Balaban J connectivity index is 1.37. The summed E-state index contributed by atoms with van der Waals surface area (Å²) in [4.78, 5) is 20.8. The van der Waals surface area contributed by atoms with Crippen molar-refractivity contribution in [2.45, 2.75) is 76.1 Å². The quantitative estimate of drug-likeness (QED) is 0.337. The van der Waals surface area contributed by atoms with E-state index in [-0.39, 0.29) is 49.3 Å². The number of hydrogen-bond acceptors (Lipinski definition) is 5. The second kappa shape index (κ2) is 10.3. The number of rotatable bonds is 6. The van der Waals surface area contributed by atoms with Crippen molar-refractivity contribution in [2.75, 3.05) is 0 Å². The molecule has 0 amide bonds. The summed E-state index contributed by atoms with van der Waals surface area (Å²) in [6, 6.07) is 6.92. The van der Waals surface area contributed by atoms with Crippen molar-refractivity contribution in [3.63, 3.8) is 0 Å². The molecule has 5 nitrogen and oxygen atoms in total. The van der Waals surface area contributed by atoms with Crippen LogP contribution in [0.1, 0.15) is 62.5 Å². The number of aromatic nitrogens is 2. The standard InChI is InChI=1S/C25H28F4N2O3/c26-24(27)9-5-17(6-10-24)15-19-3-1-13-30-21(19)33-23(32)34-22-20(4-2-14-31-22)16-18-7-11-25(28,29)12-8-18/h1-4,13-14,17-18H,5-12,15-16H2. The second-order valence-electron chi connectivity index (χ2n) is 9.40. The first-order valence-corrected chi connectivity index (χ1v) is 11.7. The Morgan fingerprint density at radius 1 is 0.765 bits per heavy atom. The van der Waals surface area contributed by atoms with E-state index in [0.717, 1.165) is 0 Å². The van der Waals surface area contributed by atoms with Crippen molar-refractivity contribution in [1.82, 2.24) is 9.97 Å². The molecule has 0 N–H and O–H groups in total. The lowest BCUT2D eigenvalue weighted by molar-refractivity contribution is -0.0461. The van der Waals surface area contributed by atoms with Crippen molar-refractivity contribution < 1.29 is 31.8 Å². The number of carbonyl (C=O) groups is 1. The second-order valence-corrected chi connectivity index (χ2v) is 9.40. The van der Waals surface area contributed by atoms with Crippen LogP contribution in [0, 0.1) is 11.8 Å². The first-order chi connectivity index (χ1) is 16.2. The molecular weight excluding hydrogens is 452 g/mol. The first-order valence-electron chi connectivity index (χ1n) is 11.7. The van der Waals surface area contributed by atoms with Crippen LogP contribution in [0.25, 0.3) is 0 Å². The Kier molecular flexibility index (Phi) is 7.38. The molecule has 0 spiro atoms. The zero-order valence-electron chi connectivity index (χ0n) is 18.8. The maximum Gasteiger partial charge on any atom is 0.522 e. The Morgan fingerprint density at radius 2 is 1.15 bits per heavy atom. The topological polar surface area (TPSA) is 61.3 Å². The summed E-state index contributed by atoms with van der Waals surface area (Å²) in [6.07, 6.45) is 3.94. The Morgan fingerprint density at radius 3 is 1.53 bits per heavy atom. The molecule has 0 saturated heterocycles. The van der Waals surface area contributed by atoms with E-state index in [1.165, 1.54) is 12.4 Å². The number of ether oxygens (including phenoxy) is 2. The molecule has 0 aliphatic heterocycles. The van der Waals surface area contributed by atoms with Crippen LogP contribution in [0.2, 0.25) is 0 Å². The van der Waals surface area contributed by atoms with Crippen LogP contribution in [0.4, 0.5) is 22.4 Å². The summed E-state index contributed by atoms with van der Waals surface area (Å²) in [5, 5.41) is 0. The number of hydrogen-bond donors (Lipinski definition) is 0. The van der Waals surface area contributed by atoms with E-state index in [1.807, 2.05) is 0 Å². The van der Waals surface area contributed by atoms with Crippen molar-refractivity contribution in [1.29, 1.82) is 0 Å².